The molecule has 0 unspecified atom stereocenters. The zero-order valence-electron chi connectivity index (χ0n) is 9.60. The van der Waals surface area contributed by atoms with Gasteiger partial charge in [-0.05, 0) is 24.1 Å². The van der Waals surface area contributed by atoms with Gasteiger partial charge in [0.1, 0.15) is 5.75 Å². The Morgan fingerprint density at radius 3 is 2.44 bits per heavy atom. The third-order valence-electron chi connectivity index (χ3n) is 2.31. The molecule has 1 rings (SSSR count). The Hall–Kier alpha value is -1.55. The standard InChI is InChI=1S/C12H17NO3/c1-15-11-5-3-9(4-6-11)7-10(13)8-12(14)16-2/h3-6,10H,7-8,13H2,1-2H3/t10-/m1/s1. The van der Waals surface area contributed by atoms with E-state index >= 15 is 0 Å². The number of hydrogen-bond acceptors (Lipinski definition) is 4. The molecule has 4 heteroatoms. The van der Waals surface area contributed by atoms with Crippen LogP contribution in [0.15, 0.2) is 24.3 Å². The normalized spacial score (nSPS) is 11.9. The van der Waals surface area contributed by atoms with Gasteiger partial charge in [0.2, 0.25) is 0 Å². The summed E-state index contributed by atoms with van der Waals surface area (Å²) < 4.78 is 9.61. The van der Waals surface area contributed by atoms with Gasteiger partial charge in [0.25, 0.3) is 0 Å². The predicted octanol–water partition coefficient (Wildman–Crippen LogP) is 1.13. The average molecular weight is 223 g/mol. The summed E-state index contributed by atoms with van der Waals surface area (Å²) in [4.78, 5) is 11.0. The minimum Gasteiger partial charge on any atom is -0.497 e. The van der Waals surface area contributed by atoms with E-state index in [1.54, 1.807) is 7.11 Å². The summed E-state index contributed by atoms with van der Waals surface area (Å²) in [6.45, 7) is 0. The number of esters is 1. The van der Waals surface area contributed by atoms with Crippen molar-refractivity contribution in [1.29, 1.82) is 0 Å². The fourth-order valence-electron chi connectivity index (χ4n) is 1.43. The Bertz CT molecular complexity index is 335. The molecule has 0 amide bonds. The van der Waals surface area contributed by atoms with E-state index in [1.165, 1.54) is 7.11 Å². The van der Waals surface area contributed by atoms with Gasteiger partial charge in [-0.15, -0.1) is 0 Å². The fraction of sp³-hybridized carbons (Fsp3) is 0.417. The first-order valence-electron chi connectivity index (χ1n) is 5.11. The molecular formula is C12H17NO3. The van der Waals surface area contributed by atoms with E-state index in [1.807, 2.05) is 24.3 Å². The summed E-state index contributed by atoms with van der Waals surface area (Å²) in [6.07, 6.45) is 0.890. The van der Waals surface area contributed by atoms with Crippen LogP contribution in [0.4, 0.5) is 0 Å². The van der Waals surface area contributed by atoms with E-state index in [0.717, 1.165) is 11.3 Å². The molecule has 0 spiro atoms. The molecule has 0 bridgehead atoms. The summed E-state index contributed by atoms with van der Waals surface area (Å²) >= 11 is 0. The molecular weight excluding hydrogens is 206 g/mol. The molecule has 1 aromatic rings. The number of benzene rings is 1. The lowest BCUT2D eigenvalue weighted by Crippen LogP contribution is -2.26. The molecule has 2 N–H and O–H groups in total. The number of rotatable bonds is 5. The van der Waals surface area contributed by atoms with Crippen molar-refractivity contribution in [2.75, 3.05) is 14.2 Å². The lowest BCUT2D eigenvalue weighted by molar-refractivity contribution is -0.140. The second-order valence-electron chi connectivity index (χ2n) is 3.59. The van der Waals surface area contributed by atoms with Crippen molar-refractivity contribution < 1.29 is 14.3 Å². The van der Waals surface area contributed by atoms with E-state index in [0.29, 0.717) is 6.42 Å². The van der Waals surface area contributed by atoms with E-state index in [4.69, 9.17) is 10.5 Å². The summed E-state index contributed by atoms with van der Waals surface area (Å²) in [5, 5.41) is 0. The Morgan fingerprint density at radius 1 is 1.31 bits per heavy atom. The van der Waals surface area contributed by atoms with Gasteiger partial charge in [0, 0.05) is 6.04 Å². The number of carbonyl (C=O) groups is 1. The summed E-state index contributed by atoms with van der Waals surface area (Å²) in [5.41, 5.74) is 6.90. The maximum Gasteiger partial charge on any atom is 0.307 e. The van der Waals surface area contributed by atoms with Gasteiger partial charge in [-0.3, -0.25) is 4.79 Å². The largest absolute Gasteiger partial charge is 0.497 e. The van der Waals surface area contributed by atoms with Crippen LogP contribution in [0.3, 0.4) is 0 Å². The van der Waals surface area contributed by atoms with E-state index in [2.05, 4.69) is 4.74 Å². The predicted molar refractivity (Wildman–Crippen MR) is 61.3 cm³/mol. The third kappa shape index (κ3) is 3.90. The smallest absolute Gasteiger partial charge is 0.307 e. The molecule has 0 saturated carbocycles. The van der Waals surface area contributed by atoms with E-state index in [-0.39, 0.29) is 18.4 Å². The molecule has 88 valence electrons. The highest BCUT2D eigenvalue weighted by atomic mass is 16.5. The molecule has 0 heterocycles. The number of carbonyl (C=O) groups excluding carboxylic acids is 1. The summed E-state index contributed by atoms with van der Waals surface area (Å²) in [5.74, 6) is 0.534. The molecule has 0 fully saturated rings. The SMILES string of the molecule is COC(=O)C[C@H](N)Cc1ccc(OC)cc1. The van der Waals surface area contributed by atoms with Crippen molar-refractivity contribution >= 4 is 5.97 Å². The third-order valence-corrected chi connectivity index (χ3v) is 2.31. The van der Waals surface area contributed by atoms with Crippen LogP contribution >= 0.6 is 0 Å². The van der Waals surface area contributed by atoms with E-state index in [9.17, 15) is 4.79 Å². The van der Waals surface area contributed by atoms with Crippen molar-refractivity contribution in [2.45, 2.75) is 18.9 Å². The van der Waals surface area contributed by atoms with Crippen LogP contribution in [-0.2, 0) is 16.0 Å². The monoisotopic (exact) mass is 223 g/mol. The maximum absolute atomic E-state index is 11.0. The molecule has 0 aromatic heterocycles. The molecule has 0 aliphatic rings. The Labute approximate surface area is 95.3 Å². The summed E-state index contributed by atoms with van der Waals surface area (Å²) in [7, 11) is 2.99. The van der Waals surface area contributed by atoms with Crippen LogP contribution in [0, 0.1) is 0 Å². The first kappa shape index (κ1) is 12.5. The quantitative estimate of drug-likeness (QED) is 0.760. The Kier molecular flexibility index (Phi) is 4.79. The molecule has 16 heavy (non-hydrogen) atoms. The molecule has 4 nitrogen and oxygen atoms in total. The number of methoxy groups -OCH3 is 2. The zero-order valence-corrected chi connectivity index (χ0v) is 9.60. The van der Waals surface area contributed by atoms with Crippen molar-refractivity contribution in [3.8, 4) is 5.75 Å². The molecule has 0 saturated heterocycles. The zero-order chi connectivity index (χ0) is 12.0. The molecule has 0 aliphatic heterocycles. The number of ether oxygens (including phenoxy) is 2. The summed E-state index contributed by atoms with van der Waals surface area (Å²) in [6, 6.07) is 7.42. The van der Waals surface area contributed by atoms with Crippen LogP contribution < -0.4 is 10.5 Å². The second-order valence-corrected chi connectivity index (χ2v) is 3.59. The molecule has 1 aromatic carbocycles. The Morgan fingerprint density at radius 2 is 1.94 bits per heavy atom. The van der Waals surface area contributed by atoms with Crippen LogP contribution in [0.1, 0.15) is 12.0 Å². The highest BCUT2D eigenvalue weighted by Crippen LogP contribution is 2.13. The van der Waals surface area contributed by atoms with E-state index < -0.39 is 0 Å². The first-order chi connectivity index (χ1) is 7.65. The van der Waals surface area contributed by atoms with Gasteiger partial charge in [0.15, 0.2) is 0 Å². The van der Waals surface area contributed by atoms with Crippen LogP contribution in [0.2, 0.25) is 0 Å². The van der Waals surface area contributed by atoms with Crippen molar-refractivity contribution in [3.05, 3.63) is 29.8 Å². The number of hydrogen-bond donors (Lipinski definition) is 1. The lowest BCUT2D eigenvalue weighted by atomic mass is 10.0. The van der Waals surface area contributed by atoms with Gasteiger partial charge >= 0.3 is 5.97 Å². The van der Waals surface area contributed by atoms with Crippen molar-refractivity contribution in [1.82, 2.24) is 0 Å². The van der Waals surface area contributed by atoms with Crippen molar-refractivity contribution in [3.63, 3.8) is 0 Å². The van der Waals surface area contributed by atoms with Gasteiger partial charge in [-0.2, -0.15) is 0 Å². The first-order valence-corrected chi connectivity index (χ1v) is 5.11. The average Bonchev–Trinajstić information content (AvgIpc) is 2.29. The molecule has 1 atom stereocenters. The minimum atomic E-state index is -0.277. The molecule has 0 radical (unpaired) electrons. The van der Waals surface area contributed by atoms with Crippen LogP contribution in [-0.4, -0.2) is 26.2 Å². The van der Waals surface area contributed by atoms with Crippen molar-refractivity contribution in [2.24, 2.45) is 5.73 Å². The topological polar surface area (TPSA) is 61.5 Å². The highest BCUT2D eigenvalue weighted by Gasteiger charge is 2.10. The molecule has 0 aliphatic carbocycles. The highest BCUT2D eigenvalue weighted by molar-refractivity contribution is 5.69. The van der Waals surface area contributed by atoms with Crippen LogP contribution in [0.25, 0.3) is 0 Å². The Balaban J connectivity index is 2.49. The maximum atomic E-state index is 11.0. The second kappa shape index (κ2) is 6.12. The van der Waals surface area contributed by atoms with Gasteiger partial charge in [-0.1, -0.05) is 12.1 Å². The lowest BCUT2D eigenvalue weighted by Gasteiger charge is -2.10. The van der Waals surface area contributed by atoms with Crippen LogP contribution in [0.5, 0.6) is 5.75 Å². The number of nitrogens with two attached hydrogens (primary N) is 1. The van der Waals surface area contributed by atoms with Gasteiger partial charge in [0.05, 0.1) is 20.6 Å². The van der Waals surface area contributed by atoms with Gasteiger partial charge < -0.3 is 15.2 Å². The van der Waals surface area contributed by atoms with Gasteiger partial charge in [-0.25, -0.2) is 0 Å². The minimum absolute atomic E-state index is 0.208. The fourth-order valence-corrected chi connectivity index (χ4v) is 1.43.